The van der Waals surface area contributed by atoms with Gasteiger partial charge in [0, 0.05) is 23.0 Å². The average Bonchev–Trinajstić information content (AvgIpc) is 2.28. The zero-order valence-electron chi connectivity index (χ0n) is 10.6. The lowest BCUT2D eigenvalue weighted by Crippen LogP contribution is -2.16. The predicted molar refractivity (Wildman–Crippen MR) is 71.2 cm³/mol. The minimum atomic E-state index is -4.04. The van der Waals surface area contributed by atoms with Crippen LogP contribution in [0.5, 0.6) is 0 Å². The van der Waals surface area contributed by atoms with Crippen LogP contribution in [-0.4, -0.2) is 18.5 Å². The molecule has 1 unspecified atom stereocenters. The first kappa shape index (κ1) is 15.2. The Morgan fingerprint density at radius 1 is 1.22 bits per heavy atom. The molecule has 0 amide bonds. The first-order chi connectivity index (χ1) is 8.40. The molecule has 0 aromatic heterocycles. The smallest absolute Gasteiger partial charge is 0.383 e. The molecule has 0 saturated carbocycles. The Kier molecular flexibility index (Phi) is 5.85. The summed E-state index contributed by atoms with van der Waals surface area (Å²) in [5.74, 6) is 0. The van der Waals surface area contributed by atoms with E-state index in [1.165, 1.54) is 4.90 Å². The normalized spacial score (nSPS) is 13.4. The van der Waals surface area contributed by atoms with Crippen LogP contribution in [0.15, 0.2) is 29.2 Å². The summed E-state index contributed by atoms with van der Waals surface area (Å²) in [6, 6.07) is 7.94. The highest BCUT2D eigenvalue weighted by molar-refractivity contribution is 7.98. The summed E-state index contributed by atoms with van der Waals surface area (Å²) < 4.78 is 36.0. The molecule has 5 heteroatoms. The van der Waals surface area contributed by atoms with E-state index in [-0.39, 0.29) is 12.5 Å². The summed E-state index contributed by atoms with van der Waals surface area (Å²) >= 11 is 1.66. The summed E-state index contributed by atoms with van der Waals surface area (Å²) in [7, 11) is 0. The van der Waals surface area contributed by atoms with Crippen LogP contribution in [0.1, 0.15) is 26.2 Å². The lowest BCUT2D eigenvalue weighted by Gasteiger charge is -2.16. The van der Waals surface area contributed by atoms with Crippen molar-refractivity contribution >= 4 is 17.4 Å². The molecule has 102 valence electrons. The van der Waals surface area contributed by atoms with Crippen molar-refractivity contribution in [3.8, 4) is 0 Å². The monoisotopic (exact) mass is 277 g/mol. The fourth-order valence-corrected chi connectivity index (χ4v) is 2.06. The van der Waals surface area contributed by atoms with E-state index in [4.69, 9.17) is 0 Å². The SMILES string of the molecule is CSc1ccc(NC(C)CCCC(F)(F)F)cc1. The van der Waals surface area contributed by atoms with Gasteiger partial charge in [-0.25, -0.2) is 0 Å². The molecule has 0 aliphatic heterocycles. The van der Waals surface area contributed by atoms with Crippen molar-refractivity contribution in [3.63, 3.8) is 0 Å². The Balaban J connectivity index is 2.32. The van der Waals surface area contributed by atoms with Crippen LogP contribution in [-0.2, 0) is 0 Å². The van der Waals surface area contributed by atoms with E-state index in [2.05, 4.69) is 5.32 Å². The van der Waals surface area contributed by atoms with Gasteiger partial charge in [0.05, 0.1) is 0 Å². The highest BCUT2D eigenvalue weighted by Gasteiger charge is 2.26. The molecule has 0 fully saturated rings. The third-order valence-corrected chi connectivity index (χ3v) is 3.34. The van der Waals surface area contributed by atoms with E-state index in [9.17, 15) is 13.2 Å². The molecule has 1 aromatic rings. The number of halogens is 3. The third kappa shape index (κ3) is 6.19. The number of hydrogen-bond acceptors (Lipinski definition) is 2. The quantitative estimate of drug-likeness (QED) is 0.739. The standard InChI is InChI=1S/C13H18F3NS/c1-10(4-3-9-13(14,15)16)17-11-5-7-12(18-2)8-6-11/h5-8,10,17H,3-4,9H2,1-2H3. The number of thioether (sulfide) groups is 1. The molecule has 18 heavy (non-hydrogen) atoms. The maximum absolute atomic E-state index is 12.0. The van der Waals surface area contributed by atoms with Gasteiger partial charge in [0.25, 0.3) is 0 Å². The summed E-state index contributed by atoms with van der Waals surface area (Å²) in [4.78, 5) is 1.17. The van der Waals surface area contributed by atoms with Gasteiger partial charge in [-0.1, -0.05) is 0 Å². The van der Waals surface area contributed by atoms with E-state index in [1.807, 2.05) is 37.4 Å². The second-order valence-corrected chi connectivity index (χ2v) is 5.16. The number of benzene rings is 1. The van der Waals surface area contributed by atoms with Crippen LogP contribution >= 0.6 is 11.8 Å². The van der Waals surface area contributed by atoms with Gasteiger partial charge in [0.15, 0.2) is 0 Å². The molecule has 1 nitrogen and oxygen atoms in total. The Morgan fingerprint density at radius 3 is 2.33 bits per heavy atom. The maximum atomic E-state index is 12.0. The van der Waals surface area contributed by atoms with Crippen molar-refractivity contribution < 1.29 is 13.2 Å². The molecule has 0 saturated heterocycles. The molecule has 0 spiro atoms. The number of alkyl halides is 3. The van der Waals surface area contributed by atoms with Gasteiger partial charge in [0.2, 0.25) is 0 Å². The Labute approximate surface area is 110 Å². The lowest BCUT2D eigenvalue weighted by atomic mass is 10.1. The fraction of sp³-hybridized carbons (Fsp3) is 0.538. The molecule has 0 aliphatic rings. The van der Waals surface area contributed by atoms with Crippen LogP contribution in [0.3, 0.4) is 0 Å². The fourth-order valence-electron chi connectivity index (χ4n) is 1.65. The van der Waals surface area contributed by atoms with Crippen molar-refractivity contribution in [2.45, 2.75) is 43.3 Å². The van der Waals surface area contributed by atoms with Crippen LogP contribution in [0.25, 0.3) is 0 Å². The van der Waals surface area contributed by atoms with Gasteiger partial charge in [0.1, 0.15) is 0 Å². The van der Waals surface area contributed by atoms with Crippen molar-refractivity contribution in [1.82, 2.24) is 0 Å². The van der Waals surface area contributed by atoms with E-state index in [1.54, 1.807) is 11.8 Å². The summed E-state index contributed by atoms with van der Waals surface area (Å²) in [6.07, 6.45) is -2.06. The Bertz CT molecular complexity index is 348. The zero-order chi connectivity index (χ0) is 13.6. The van der Waals surface area contributed by atoms with Crippen molar-refractivity contribution in [2.24, 2.45) is 0 Å². The number of rotatable bonds is 6. The summed E-state index contributed by atoms with van der Waals surface area (Å²) in [6.45, 7) is 1.90. The van der Waals surface area contributed by atoms with Crippen LogP contribution in [0, 0.1) is 0 Å². The van der Waals surface area contributed by atoms with Crippen molar-refractivity contribution in [2.75, 3.05) is 11.6 Å². The van der Waals surface area contributed by atoms with Crippen LogP contribution in [0.4, 0.5) is 18.9 Å². The molecular weight excluding hydrogens is 259 g/mol. The predicted octanol–water partition coefficient (Wildman–Crippen LogP) is 4.94. The second kappa shape index (κ2) is 6.92. The van der Waals surface area contributed by atoms with E-state index in [0.717, 1.165) is 5.69 Å². The maximum Gasteiger partial charge on any atom is 0.389 e. The topological polar surface area (TPSA) is 12.0 Å². The zero-order valence-corrected chi connectivity index (χ0v) is 11.4. The van der Waals surface area contributed by atoms with Crippen LogP contribution < -0.4 is 5.32 Å². The molecule has 1 aromatic carbocycles. The van der Waals surface area contributed by atoms with Gasteiger partial charge in [-0.2, -0.15) is 13.2 Å². The Morgan fingerprint density at radius 2 is 1.83 bits per heavy atom. The third-order valence-electron chi connectivity index (χ3n) is 2.60. The first-order valence-electron chi connectivity index (χ1n) is 5.88. The van der Waals surface area contributed by atoms with Gasteiger partial charge >= 0.3 is 6.18 Å². The van der Waals surface area contributed by atoms with Gasteiger partial charge in [-0.3, -0.25) is 0 Å². The van der Waals surface area contributed by atoms with Gasteiger partial charge in [-0.05, 0) is 50.3 Å². The number of anilines is 1. The van der Waals surface area contributed by atoms with E-state index >= 15 is 0 Å². The molecular formula is C13H18F3NS. The number of nitrogens with one attached hydrogen (secondary N) is 1. The van der Waals surface area contributed by atoms with Gasteiger partial charge < -0.3 is 5.32 Å². The minimum absolute atomic E-state index is 0.0486. The second-order valence-electron chi connectivity index (χ2n) is 4.28. The highest BCUT2D eigenvalue weighted by atomic mass is 32.2. The average molecular weight is 277 g/mol. The summed E-state index contributed by atoms with van der Waals surface area (Å²) in [5, 5.41) is 3.20. The minimum Gasteiger partial charge on any atom is -0.383 e. The number of hydrogen-bond donors (Lipinski definition) is 1. The first-order valence-corrected chi connectivity index (χ1v) is 7.10. The van der Waals surface area contributed by atoms with Crippen molar-refractivity contribution in [1.29, 1.82) is 0 Å². The molecule has 1 atom stereocenters. The van der Waals surface area contributed by atoms with Crippen LogP contribution in [0.2, 0.25) is 0 Å². The van der Waals surface area contributed by atoms with E-state index < -0.39 is 12.6 Å². The Hall–Kier alpha value is -0.840. The summed E-state index contributed by atoms with van der Waals surface area (Å²) in [5.41, 5.74) is 0.951. The van der Waals surface area contributed by atoms with Gasteiger partial charge in [-0.15, -0.1) is 11.8 Å². The molecule has 0 radical (unpaired) electrons. The molecule has 0 bridgehead atoms. The van der Waals surface area contributed by atoms with Crippen molar-refractivity contribution in [3.05, 3.63) is 24.3 Å². The highest BCUT2D eigenvalue weighted by Crippen LogP contribution is 2.23. The molecule has 1 N–H and O–H groups in total. The molecule has 1 rings (SSSR count). The lowest BCUT2D eigenvalue weighted by molar-refractivity contribution is -0.135. The van der Waals surface area contributed by atoms with E-state index in [0.29, 0.717) is 6.42 Å². The molecule has 0 aliphatic carbocycles. The molecule has 0 heterocycles. The largest absolute Gasteiger partial charge is 0.389 e.